The monoisotopic (exact) mass is 228 g/mol. The minimum absolute atomic E-state index is 0. The maximum atomic E-state index is 10.6. The van der Waals surface area contributed by atoms with Gasteiger partial charge in [0.15, 0.2) is 0 Å². The molecule has 5 heteroatoms. The number of aryl methyl sites for hydroxylation is 1. The lowest BCUT2D eigenvalue weighted by molar-refractivity contribution is -0.385. The highest BCUT2D eigenvalue weighted by molar-refractivity contribution is 5.85. The Bertz CT molecular complexity index is 391. The SMILES string of the molecule is C=C(CN)c1ccc(C)c([N+](=O)[O-])c1.Cl. The first-order valence-electron chi connectivity index (χ1n) is 4.19. The third-order valence-electron chi connectivity index (χ3n) is 2.06. The Kier molecular flexibility index (Phi) is 4.97. The molecule has 0 radical (unpaired) electrons. The number of benzene rings is 1. The number of nitro groups is 1. The second-order valence-electron chi connectivity index (χ2n) is 3.07. The van der Waals surface area contributed by atoms with Crippen molar-refractivity contribution in [3.63, 3.8) is 0 Å². The summed E-state index contributed by atoms with van der Waals surface area (Å²) in [5.74, 6) is 0. The van der Waals surface area contributed by atoms with Crippen molar-refractivity contribution in [1.29, 1.82) is 0 Å². The average molecular weight is 229 g/mol. The summed E-state index contributed by atoms with van der Waals surface area (Å²) < 4.78 is 0. The van der Waals surface area contributed by atoms with E-state index in [4.69, 9.17) is 5.73 Å². The largest absolute Gasteiger partial charge is 0.326 e. The smallest absolute Gasteiger partial charge is 0.272 e. The van der Waals surface area contributed by atoms with E-state index in [2.05, 4.69) is 6.58 Å². The van der Waals surface area contributed by atoms with E-state index < -0.39 is 4.92 Å². The van der Waals surface area contributed by atoms with Crippen molar-refractivity contribution < 1.29 is 4.92 Å². The van der Waals surface area contributed by atoms with Gasteiger partial charge in [0.2, 0.25) is 0 Å². The van der Waals surface area contributed by atoms with Gasteiger partial charge in [0.1, 0.15) is 0 Å². The van der Waals surface area contributed by atoms with Crippen molar-refractivity contribution in [1.82, 2.24) is 0 Å². The number of nitro benzene ring substituents is 1. The molecule has 0 aromatic heterocycles. The summed E-state index contributed by atoms with van der Waals surface area (Å²) in [4.78, 5) is 10.2. The van der Waals surface area contributed by atoms with E-state index >= 15 is 0 Å². The average Bonchev–Trinajstić information content (AvgIpc) is 2.17. The first-order valence-corrected chi connectivity index (χ1v) is 4.19. The highest BCUT2D eigenvalue weighted by Gasteiger charge is 2.11. The van der Waals surface area contributed by atoms with E-state index in [0.717, 1.165) is 5.56 Å². The molecule has 0 aliphatic rings. The van der Waals surface area contributed by atoms with Gasteiger partial charge in [-0.1, -0.05) is 18.7 Å². The second kappa shape index (κ2) is 5.48. The Labute approximate surface area is 94.3 Å². The Morgan fingerprint density at radius 3 is 2.67 bits per heavy atom. The lowest BCUT2D eigenvalue weighted by Gasteiger charge is -2.03. The summed E-state index contributed by atoms with van der Waals surface area (Å²) in [6.07, 6.45) is 0. The van der Waals surface area contributed by atoms with E-state index in [1.165, 1.54) is 6.07 Å². The summed E-state index contributed by atoms with van der Waals surface area (Å²) in [6, 6.07) is 5.00. The highest BCUT2D eigenvalue weighted by Crippen LogP contribution is 2.22. The fourth-order valence-corrected chi connectivity index (χ4v) is 1.14. The van der Waals surface area contributed by atoms with Crippen molar-refractivity contribution in [3.05, 3.63) is 46.0 Å². The van der Waals surface area contributed by atoms with Crippen molar-refractivity contribution in [2.45, 2.75) is 6.92 Å². The van der Waals surface area contributed by atoms with Gasteiger partial charge in [0.25, 0.3) is 5.69 Å². The highest BCUT2D eigenvalue weighted by atomic mass is 35.5. The van der Waals surface area contributed by atoms with Crippen LogP contribution in [0.5, 0.6) is 0 Å². The Hall–Kier alpha value is -1.39. The van der Waals surface area contributed by atoms with E-state index in [-0.39, 0.29) is 18.1 Å². The van der Waals surface area contributed by atoms with Gasteiger partial charge < -0.3 is 5.73 Å². The number of rotatable bonds is 3. The fraction of sp³-hybridized carbons (Fsp3) is 0.200. The molecule has 1 aromatic carbocycles. The zero-order valence-electron chi connectivity index (χ0n) is 8.40. The van der Waals surface area contributed by atoms with Gasteiger partial charge in [-0.3, -0.25) is 10.1 Å². The van der Waals surface area contributed by atoms with Crippen LogP contribution in [0.4, 0.5) is 5.69 Å². The molecule has 1 rings (SSSR count). The molecule has 0 saturated carbocycles. The van der Waals surface area contributed by atoms with Crippen molar-refractivity contribution >= 4 is 23.7 Å². The number of halogens is 1. The molecule has 0 aliphatic carbocycles. The van der Waals surface area contributed by atoms with Crippen LogP contribution in [-0.4, -0.2) is 11.5 Å². The maximum absolute atomic E-state index is 10.6. The standard InChI is InChI=1S/C10H12N2O2.ClH/c1-7-3-4-9(8(2)6-11)5-10(7)12(13)14;/h3-5H,2,6,11H2,1H3;1H. The van der Waals surface area contributed by atoms with Crippen molar-refractivity contribution in [2.75, 3.05) is 6.54 Å². The Morgan fingerprint density at radius 1 is 1.60 bits per heavy atom. The number of nitrogens with zero attached hydrogens (tertiary/aromatic N) is 1. The minimum Gasteiger partial charge on any atom is -0.326 e. The van der Waals surface area contributed by atoms with Gasteiger partial charge in [0.05, 0.1) is 4.92 Å². The molecule has 0 heterocycles. The summed E-state index contributed by atoms with van der Waals surface area (Å²) in [5, 5.41) is 10.6. The third kappa shape index (κ3) is 3.04. The summed E-state index contributed by atoms with van der Waals surface area (Å²) >= 11 is 0. The van der Waals surface area contributed by atoms with Crippen LogP contribution >= 0.6 is 12.4 Å². The molecule has 0 fully saturated rings. The van der Waals surface area contributed by atoms with Gasteiger partial charge in [-0.25, -0.2) is 0 Å². The molecule has 0 amide bonds. The van der Waals surface area contributed by atoms with Crippen molar-refractivity contribution in [2.24, 2.45) is 5.73 Å². The molecule has 0 bridgehead atoms. The molecular weight excluding hydrogens is 216 g/mol. The summed E-state index contributed by atoms with van der Waals surface area (Å²) in [6.45, 7) is 5.73. The maximum Gasteiger partial charge on any atom is 0.272 e. The van der Waals surface area contributed by atoms with E-state index in [0.29, 0.717) is 17.7 Å². The number of nitrogens with two attached hydrogens (primary N) is 1. The molecule has 82 valence electrons. The predicted octanol–water partition coefficient (Wildman–Crippen LogP) is 2.30. The van der Waals surface area contributed by atoms with Gasteiger partial charge in [0, 0.05) is 18.2 Å². The summed E-state index contributed by atoms with van der Waals surface area (Å²) in [7, 11) is 0. The minimum atomic E-state index is -0.400. The van der Waals surface area contributed by atoms with Crippen LogP contribution in [0, 0.1) is 17.0 Å². The van der Waals surface area contributed by atoms with Gasteiger partial charge in [-0.2, -0.15) is 0 Å². The molecule has 0 atom stereocenters. The fourth-order valence-electron chi connectivity index (χ4n) is 1.14. The molecule has 2 N–H and O–H groups in total. The molecular formula is C10H13ClN2O2. The zero-order valence-corrected chi connectivity index (χ0v) is 9.21. The van der Waals surface area contributed by atoms with Crippen LogP contribution in [0.15, 0.2) is 24.8 Å². The number of hydrogen-bond donors (Lipinski definition) is 1. The zero-order chi connectivity index (χ0) is 10.7. The van der Waals surface area contributed by atoms with Crippen molar-refractivity contribution in [3.8, 4) is 0 Å². The van der Waals surface area contributed by atoms with Crippen LogP contribution in [0.3, 0.4) is 0 Å². The van der Waals surface area contributed by atoms with Crippen LogP contribution in [0.25, 0.3) is 5.57 Å². The molecule has 0 unspecified atom stereocenters. The molecule has 15 heavy (non-hydrogen) atoms. The molecule has 1 aromatic rings. The first-order chi connectivity index (χ1) is 6.56. The van der Waals surface area contributed by atoms with E-state index in [1.54, 1.807) is 19.1 Å². The number of hydrogen-bond acceptors (Lipinski definition) is 3. The lowest BCUT2D eigenvalue weighted by atomic mass is 10.0. The second-order valence-corrected chi connectivity index (χ2v) is 3.07. The predicted molar refractivity (Wildman–Crippen MR) is 63.2 cm³/mol. The molecule has 4 nitrogen and oxygen atoms in total. The Balaban J connectivity index is 0.00000196. The topological polar surface area (TPSA) is 69.2 Å². The molecule has 0 aliphatic heterocycles. The van der Waals surface area contributed by atoms with Crippen LogP contribution in [0.2, 0.25) is 0 Å². The lowest BCUT2D eigenvalue weighted by Crippen LogP contribution is -2.02. The molecule has 0 spiro atoms. The van der Waals surface area contributed by atoms with Crippen LogP contribution in [0.1, 0.15) is 11.1 Å². The van der Waals surface area contributed by atoms with Gasteiger partial charge in [-0.05, 0) is 18.1 Å². The van der Waals surface area contributed by atoms with Gasteiger partial charge in [-0.15, -0.1) is 12.4 Å². The third-order valence-corrected chi connectivity index (χ3v) is 2.06. The Morgan fingerprint density at radius 2 is 2.20 bits per heavy atom. The first kappa shape index (κ1) is 13.6. The van der Waals surface area contributed by atoms with E-state index in [1.807, 2.05) is 0 Å². The molecule has 0 saturated heterocycles. The van der Waals surface area contributed by atoms with Crippen LogP contribution in [-0.2, 0) is 0 Å². The normalized spacial score (nSPS) is 9.20. The quantitative estimate of drug-likeness (QED) is 0.638. The van der Waals surface area contributed by atoms with Crippen LogP contribution < -0.4 is 5.73 Å². The van der Waals surface area contributed by atoms with E-state index in [9.17, 15) is 10.1 Å². The summed E-state index contributed by atoms with van der Waals surface area (Å²) in [5.41, 5.74) is 7.58. The van der Waals surface area contributed by atoms with Gasteiger partial charge >= 0.3 is 0 Å².